The van der Waals surface area contributed by atoms with E-state index in [2.05, 4.69) is 52.6 Å². The molecular formula is C30H25BrN8O2. The number of carbonyl (C=O) groups is 1. The maximum Gasteiger partial charge on any atom is 0.271 e. The largest absolute Gasteiger partial charge is 0.359 e. The number of amides is 1. The summed E-state index contributed by atoms with van der Waals surface area (Å²) in [4.78, 5) is 19.3. The molecule has 4 aromatic heterocycles. The van der Waals surface area contributed by atoms with E-state index in [0.717, 1.165) is 56.3 Å². The Morgan fingerprint density at radius 1 is 1.02 bits per heavy atom. The summed E-state index contributed by atoms with van der Waals surface area (Å²) in [6, 6.07) is 19.7. The normalized spacial score (nSPS) is 14.1. The molecule has 0 bridgehead atoms. The Kier molecular flexibility index (Phi) is 6.63. The molecule has 7 rings (SSSR count). The van der Waals surface area contributed by atoms with Crippen molar-refractivity contribution in [2.75, 3.05) is 13.1 Å². The summed E-state index contributed by atoms with van der Waals surface area (Å²) >= 11 is 3.44. The first-order valence-electron chi connectivity index (χ1n) is 13.4. The third-order valence-electron chi connectivity index (χ3n) is 7.53. The van der Waals surface area contributed by atoms with Gasteiger partial charge < -0.3 is 9.42 Å². The number of halogens is 1. The van der Waals surface area contributed by atoms with Crippen LogP contribution in [0.4, 0.5) is 0 Å². The Hall–Kier alpha value is -4.64. The summed E-state index contributed by atoms with van der Waals surface area (Å²) in [6.07, 6.45) is 7.18. The third-order valence-corrected chi connectivity index (χ3v) is 8.06. The number of H-pyrrole nitrogens is 1. The molecule has 5 heterocycles. The van der Waals surface area contributed by atoms with Crippen molar-refractivity contribution in [2.24, 2.45) is 0 Å². The smallest absolute Gasteiger partial charge is 0.271 e. The van der Waals surface area contributed by atoms with Gasteiger partial charge in [0.2, 0.25) is 0 Å². The molecule has 2 aromatic carbocycles. The molecule has 204 valence electrons. The van der Waals surface area contributed by atoms with E-state index < -0.39 is 0 Å². The van der Waals surface area contributed by atoms with Crippen molar-refractivity contribution in [1.82, 2.24) is 40.2 Å². The van der Waals surface area contributed by atoms with Crippen LogP contribution in [0.25, 0.3) is 33.3 Å². The van der Waals surface area contributed by atoms with Crippen LogP contribution in [0.15, 0.2) is 88.3 Å². The zero-order valence-electron chi connectivity index (χ0n) is 21.9. The van der Waals surface area contributed by atoms with Crippen LogP contribution in [-0.4, -0.2) is 59.2 Å². The molecule has 0 atom stereocenters. The van der Waals surface area contributed by atoms with E-state index in [1.54, 1.807) is 4.68 Å². The molecule has 1 aliphatic heterocycles. The van der Waals surface area contributed by atoms with Crippen LogP contribution in [0.1, 0.15) is 40.7 Å². The summed E-state index contributed by atoms with van der Waals surface area (Å²) < 4.78 is 8.40. The number of fused-ring (bicyclic) bond motifs is 1. The van der Waals surface area contributed by atoms with Crippen molar-refractivity contribution in [3.05, 3.63) is 101 Å². The quantitative estimate of drug-likeness (QED) is 0.257. The van der Waals surface area contributed by atoms with Gasteiger partial charge in [-0.1, -0.05) is 62.7 Å². The molecule has 10 nitrogen and oxygen atoms in total. The SMILES string of the molecule is O=C(c1cc(-c2ccc(Br)cc2)n[nH]1)N1CCC(c2cc(Cn3cc(-c4cncc5ccccc45)nn3)on2)CC1. The lowest BCUT2D eigenvalue weighted by atomic mass is 9.93. The number of aromatic amines is 1. The van der Waals surface area contributed by atoms with Gasteiger partial charge in [0.25, 0.3) is 5.91 Å². The van der Waals surface area contributed by atoms with Gasteiger partial charge in [-0.05, 0) is 36.4 Å². The molecule has 1 saturated heterocycles. The fourth-order valence-electron chi connectivity index (χ4n) is 5.32. The van der Waals surface area contributed by atoms with E-state index in [-0.39, 0.29) is 11.8 Å². The zero-order valence-corrected chi connectivity index (χ0v) is 23.5. The number of likely N-dealkylation sites (tertiary alicyclic amines) is 1. The average Bonchev–Trinajstić information content (AvgIpc) is 3.79. The first-order chi connectivity index (χ1) is 20.1. The topological polar surface area (TPSA) is 119 Å². The fourth-order valence-corrected chi connectivity index (χ4v) is 5.59. The minimum absolute atomic E-state index is 0.0384. The van der Waals surface area contributed by atoms with Crippen LogP contribution in [0.2, 0.25) is 0 Å². The molecule has 1 fully saturated rings. The van der Waals surface area contributed by atoms with Gasteiger partial charge in [0, 0.05) is 58.5 Å². The van der Waals surface area contributed by atoms with Gasteiger partial charge in [-0.3, -0.25) is 14.9 Å². The monoisotopic (exact) mass is 608 g/mol. The van der Waals surface area contributed by atoms with E-state index in [1.807, 2.05) is 78.1 Å². The summed E-state index contributed by atoms with van der Waals surface area (Å²) in [7, 11) is 0. The van der Waals surface area contributed by atoms with Crippen LogP contribution in [0.3, 0.4) is 0 Å². The summed E-state index contributed by atoms with van der Waals surface area (Å²) in [5.41, 5.74) is 4.80. The van der Waals surface area contributed by atoms with E-state index in [9.17, 15) is 4.79 Å². The Labute approximate surface area is 243 Å². The Balaban J connectivity index is 0.973. The molecule has 0 spiro atoms. The van der Waals surface area contributed by atoms with Gasteiger partial charge in [0.15, 0.2) is 5.76 Å². The van der Waals surface area contributed by atoms with Gasteiger partial charge in [-0.25, -0.2) is 4.68 Å². The molecule has 0 radical (unpaired) electrons. The molecule has 0 unspecified atom stereocenters. The number of aromatic nitrogens is 7. The Morgan fingerprint density at radius 2 is 1.85 bits per heavy atom. The summed E-state index contributed by atoms with van der Waals surface area (Å²) in [6.45, 7) is 1.71. The number of pyridine rings is 1. The highest BCUT2D eigenvalue weighted by Crippen LogP contribution is 2.30. The molecule has 0 saturated carbocycles. The lowest BCUT2D eigenvalue weighted by Crippen LogP contribution is -2.38. The standard InChI is InChI=1S/C30H25BrN8O2/c31-22-7-5-19(6-8-22)26-14-28(34-33-26)30(40)38-11-9-20(10-12-38)27-13-23(41-36-27)17-39-18-29(35-37-39)25-16-32-15-21-3-1-2-4-24(21)25/h1-8,13-16,18,20H,9-12,17H2,(H,33,34). The number of nitrogens with zero attached hydrogens (tertiary/aromatic N) is 7. The van der Waals surface area contributed by atoms with Crippen LogP contribution >= 0.6 is 15.9 Å². The third kappa shape index (κ3) is 5.16. The number of carbonyl (C=O) groups excluding carboxylic acids is 1. The molecule has 0 aliphatic carbocycles. The summed E-state index contributed by atoms with van der Waals surface area (Å²) in [5, 5.41) is 22.4. The van der Waals surface area contributed by atoms with Crippen molar-refractivity contribution >= 4 is 32.6 Å². The van der Waals surface area contributed by atoms with Crippen molar-refractivity contribution in [2.45, 2.75) is 25.3 Å². The molecule has 1 aliphatic rings. The van der Waals surface area contributed by atoms with E-state index in [1.165, 1.54) is 0 Å². The second-order valence-electron chi connectivity index (χ2n) is 10.2. The van der Waals surface area contributed by atoms with Crippen molar-refractivity contribution in [3.63, 3.8) is 0 Å². The molecule has 1 amide bonds. The van der Waals surface area contributed by atoms with Gasteiger partial charge in [-0.2, -0.15) is 5.10 Å². The second-order valence-corrected chi connectivity index (χ2v) is 11.1. The minimum atomic E-state index is -0.0384. The highest BCUT2D eigenvalue weighted by Gasteiger charge is 2.27. The molecule has 6 aromatic rings. The predicted octanol–water partition coefficient (Wildman–Crippen LogP) is 5.70. The minimum Gasteiger partial charge on any atom is -0.359 e. The molecule has 41 heavy (non-hydrogen) atoms. The van der Waals surface area contributed by atoms with Crippen LogP contribution < -0.4 is 0 Å². The average molecular weight is 609 g/mol. The van der Waals surface area contributed by atoms with Gasteiger partial charge in [0.1, 0.15) is 17.9 Å². The summed E-state index contributed by atoms with van der Waals surface area (Å²) in [5.74, 6) is 0.900. The van der Waals surface area contributed by atoms with E-state index in [0.29, 0.717) is 31.1 Å². The number of rotatable bonds is 6. The first-order valence-corrected chi connectivity index (χ1v) is 14.2. The van der Waals surface area contributed by atoms with Crippen LogP contribution in [0, 0.1) is 0 Å². The number of benzene rings is 2. The zero-order chi connectivity index (χ0) is 27.8. The highest BCUT2D eigenvalue weighted by molar-refractivity contribution is 9.10. The van der Waals surface area contributed by atoms with E-state index in [4.69, 9.17) is 4.52 Å². The molecule has 1 N–H and O–H groups in total. The fraction of sp³-hybridized carbons (Fsp3) is 0.200. The first kappa shape index (κ1) is 25.3. The predicted molar refractivity (Wildman–Crippen MR) is 156 cm³/mol. The number of hydrogen-bond donors (Lipinski definition) is 1. The van der Waals surface area contributed by atoms with Gasteiger partial charge >= 0.3 is 0 Å². The van der Waals surface area contributed by atoms with Crippen molar-refractivity contribution in [1.29, 1.82) is 0 Å². The Bertz CT molecular complexity index is 1830. The lowest BCUT2D eigenvalue weighted by Gasteiger charge is -2.30. The van der Waals surface area contributed by atoms with Gasteiger partial charge in [0.05, 0.1) is 17.6 Å². The highest BCUT2D eigenvalue weighted by atomic mass is 79.9. The lowest BCUT2D eigenvalue weighted by molar-refractivity contribution is 0.0705. The van der Waals surface area contributed by atoms with Crippen molar-refractivity contribution in [3.8, 4) is 22.5 Å². The molecule has 11 heteroatoms. The maximum absolute atomic E-state index is 13.1. The number of nitrogens with one attached hydrogen (secondary N) is 1. The number of piperidine rings is 1. The van der Waals surface area contributed by atoms with Gasteiger partial charge in [-0.15, -0.1) is 5.10 Å². The van der Waals surface area contributed by atoms with E-state index >= 15 is 0 Å². The molecular weight excluding hydrogens is 584 g/mol. The van der Waals surface area contributed by atoms with Crippen molar-refractivity contribution < 1.29 is 9.32 Å². The second kappa shape index (κ2) is 10.7. The maximum atomic E-state index is 13.1. The Morgan fingerprint density at radius 3 is 2.71 bits per heavy atom. The van der Waals surface area contributed by atoms with Crippen LogP contribution in [-0.2, 0) is 6.54 Å². The number of hydrogen-bond acceptors (Lipinski definition) is 7. The van der Waals surface area contributed by atoms with Crippen LogP contribution in [0.5, 0.6) is 0 Å².